The highest BCUT2D eigenvalue weighted by molar-refractivity contribution is 7.86. The summed E-state index contributed by atoms with van der Waals surface area (Å²) in [4.78, 5) is 2.08. The van der Waals surface area contributed by atoms with Crippen LogP contribution in [0.5, 0.6) is 0 Å². The van der Waals surface area contributed by atoms with Crippen molar-refractivity contribution in [3.05, 3.63) is 0 Å². The maximum absolute atomic E-state index is 11.3. The van der Waals surface area contributed by atoms with Crippen LogP contribution in [0.1, 0.15) is 0 Å². The third kappa shape index (κ3) is 5.43. The van der Waals surface area contributed by atoms with Gasteiger partial charge in [-0.3, -0.25) is 9.08 Å². The number of hydrogen-bond acceptors (Lipinski definition) is 6. The molecule has 0 aromatic rings. The topological polar surface area (TPSA) is 78.9 Å². The number of nitrogens with zero attached hydrogens (tertiary/aromatic N) is 1. The molecule has 0 aliphatic carbocycles. The van der Waals surface area contributed by atoms with E-state index in [0.717, 1.165) is 26.2 Å². The molecule has 2 N–H and O–H groups in total. The van der Waals surface area contributed by atoms with Gasteiger partial charge in [0.1, 0.15) is 0 Å². The van der Waals surface area contributed by atoms with Gasteiger partial charge in [0.15, 0.2) is 0 Å². The number of nitrogens with one attached hydrogen (secondary N) is 1. The summed E-state index contributed by atoms with van der Waals surface area (Å²) in [5.41, 5.74) is 0. The summed E-state index contributed by atoms with van der Waals surface area (Å²) < 4.78 is 27.1. The smallest absolute Gasteiger partial charge is 0.268 e. The molecule has 15 heavy (non-hydrogen) atoms. The zero-order chi connectivity index (χ0) is 11.1. The fourth-order valence-corrected chi connectivity index (χ4v) is 2.33. The van der Waals surface area contributed by atoms with Crippen LogP contribution in [0.4, 0.5) is 0 Å². The third-order valence-corrected chi connectivity index (χ3v) is 3.43. The van der Waals surface area contributed by atoms with E-state index in [-0.39, 0.29) is 19.0 Å². The second kappa shape index (κ2) is 6.39. The Bertz CT molecular complexity index is 262. The molecular formula is C8H18N2O4S. The molecule has 1 saturated heterocycles. The Morgan fingerprint density at radius 2 is 2.00 bits per heavy atom. The van der Waals surface area contributed by atoms with Gasteiger partial charge < -0.3 is 10.4 Å². The molecule has 0 bridgehead atoms. The lowest BCUT2D eigenvalue weighted by molar-refractivity contribution is 0.202. The van der Waals surface area contributed by atoms with Crippen LogP contribution in [0.2, 0.25) is 0 Å². The van der Waals surface area contributed by atoms with Crippen LogP contribution in [0.25, 0.3) is 0 Å². The molecule has 1 rings (SSSR count). The lowest BCUT2D eigenvalue weighted by Gasteiger charge is -2.26. The highest BCUT2D eigenvalue weighted by atomic mass is 32.2. The Kier molecular flexibility index (Phi) is 5.48. The Hall–Kier alpha value is -0.210. The zero-order valence-electron chi connectivity index (χ0n) is 8.68. The van der Waals surface area contributed by atoms with Crippen molar-refractivity contribution < 1.29 is 17.7 Å². The van der Waals surface area contributed by atoms with Gasteiger partial charge in [0.2, 0.25) is 0 Å². The summed E-state index contributed by atoms with van der Waals surface area (Å²) in [5, 5.41) is 11.6. The average molecular weight is 238 g/mol. The molecule has 1 fully saturated rings. The lowest BCUT2D eigenvalue weighted by Crippen LogP contribution is -2.45. The molecule has 0 unspecified atom stereocenters. The van der Waals surface area contributed by atoms with E-state index in [1.54, 1.807) is 0 Å². The van der Waals surface area contributed by atoms with E-state index in [0.29, 0.717) is 6.54 Å². The molecule has 0 spiro atoms. The van der Waals surface area contributed by atoms with Crippen molar-refractivity contribution in [2.75, 3.05) is 51.7 Å². The van der Waals surface area contributed by atoms with E-state index in [1.807, 2.05) is 0 Å². The number of aliphatic hydroxyl groups excluding tert-OH is 1. The van der Waals surface area contributed by atoms with E-state index >= 15 is 0 Å². The first kappa shape index (κ1) is 12.9. The molecule has 1 aliphatic rings. The van der Waals surface area contributed by atoms with Gasteiger partial charge in [0, 0.05) is 32.7 Å². The molecule has 0 amide bonds. The van der Waals surface area contributed by atoms with Gasteiger partial charge in [0.25, 0.3) is 10.1 Å². The number of hydrogen-bond donors (Lipinski definition) is 2. The largest absolute Gasteiger partial charge is 0.394 e. The molecule has 90 valence electrons. The molecular weight excluding hydrogens is 220 g/mol. The minimum atomic E-state index is -3.47. The first-order valence-electron chi connectivity index (χ1n) is 5.05. The van der Waals surface area contributed by atoms with Crippen LogP contribution in [-0.4, -0.2) is 70.1 Å². The van der Waals surface area contributed by atoms with Crippen LogP contribution in [0.3, 0.4) is 0 Å². The second-order valence-corrected chi connectivity index (χ2v) is 5.16. The lowest BCUT2D eigenvalue weighted by atomic mass is 10.4. The SMILES string of the molecule is O=S(=O)(CCN1CCNCC1)OCCO. The summed E-state index contributed by atoms with van der Waals surface area (Å²) in [6, 6.07) is 0. The van der Waals surface area contributed by atoms with Gasteiger partial charge in [-0.1, -0.05) is 0 Å². The maximum Gasteiger partial charge on any atom is 0.268 e. The van der Waals surface area contributed by atoms with Crippen LogP contribution >= 0.6 is 0 Å². The van der Waals surface area contributed by atoms with Gasteiger partial charge in [-0.2, -0.15) is 8.42 Å². The molecule has 0 radical (unpaired) electrons. The first-order valence-corrected chi connectivity index (χ1v) is 6.63. The minimum absolute atomic E-state index is 0.00694. The van der Waals surface area contributed by atoms with Gasteiger partial charge in [0.05, 0.1) is 19.0 Å². The van der Waals surface area contributed by atoms with Crippen molar-refractivity contribution in [2.24, 2.45) is 0 Å². The molecule has 0 atom stereocenters. The first-order chi connectivity index (χ1) is 7.14. The van der Waals surface area contributed by atoms with Crippen molar-refractivity contribution in [2.45, 2.75) is 0 Å². The molecule has 1 heterocycles. The number of rotatable bonds is 6. The van der Waals surface area contributed by atoms with Gasteiger partial charge in [-0.05, 0) is 0 Å². The fraction of sp³-hybridized carbons (Fsp3) is 1.00. The van der Waals surface area contributed by atoms with E-state index in [2.05, 4.69) is 14.4 Å². The second-order valence-electron chi connectivity index (χ2n) is 3.40. The molecule has 0 aromatic carbocycles. The molecule has 1 aliphatic heterocycles. The van der Waals surface area contributed by atoms with Gasteiger partial charge in [-0.25, -0.2) is 0 Å². The predicted octanol–water partition coefficient (Wildman–Crippen LogP) is -1.77. The maximum atomic E-state index is 11.3. The van der Waals surface area contributed by atoms with Crippen LogP contribution in [-0.2, 0) is 14.3 Å². The standard InChI is InChI=1S/C8H18N2O4S/c11-6-7-14-15(12,13)8-5-10-3-1-9-2-4-10/h9,11H,1-8H2. The molecule has 7 heteroatoms. The van der Waals surface area contributed by atoms with Crippen molar-refractivity contribution in [3.63, 3.8) is 0 Å². The third-order valence-electron chi connectivity index (χ3n) is 2.22. The van der Waals surface area contributed by atoms with Crippen LogP contribution in [0, 0.1) is 0 Å². The molecule has 0 aromatic heterocycles. The Labute approximate surface area is 90.3 Å². The highest BCUT2D eigenvalue weighted by Crippen LogP contribution is 1.97. The Morgan fingerprint density at radius 1 is 1.33 bits per heavy atom. The summed E-state index contributed by atoms with van der Waals surface area (Å²) in [5.74, 6) is -0.00694. The Morgan fingerprint density at radius 3 is 2.60 bits per heavy atom. The summed E-state index contributed by atoms with van der Waals surface area (Å²) in [7, 11) is -3.47. The van der Waals surface area contributed by atoms with Crippen molar-refractivity contribution in [3.8, 4) is 0 Å². The summed E-state index contributed by atoms with van der Waals surface area (Å²) >= 11 is 0. The van der Waals surface area contributed by atoms with Crippen molar-refractivity contribution in [1.29, 1.82) is 0 Å². The van der Waals surface area contributed by atoms with Gasteiger partial charge >= 0.3 is 0 Å². The van der Waals surface area contributed by atoms with E-state index in [9.17, 15) is 8.42 Å². The van der Waals surface area contributed by atoms with E-state index < -0.39 is 10.1 Å². The number of piperazine rings is 1. The summed E-state index contributed by atoms with van der Waals surface area (Å²) in [6.07, 6.45) is 0. The fourth-order valence-electron chi connectivity index (χ4n) is 1.40. The Balaban J connectivity index is 2.22. The van der Waals surface area contributed by atoms with Gasteiger partial charge in [-0.15, -0.1) is 0 Å². The van der Waals surface area contributed by atoms with Crippen LogP contribution in [0.15, 0.2) is 0 Å². The van der Waals surface area contributed by atoms with Crippen molar-refractivity contribution in [1.82, 2.24) is 10.2 Å². The zero-order valence-corrected chi connectivity index (χ0v) is 9.50. The minimum Gasteiger partial charge on any atom is -0.394 e. The highest BCUT2D eigenvalue weighted by Gasteiger charge is 2.15. The average Bonchev–Trinajstić information content (AvgIpc) is 2.25. The van der Waals surface area contributed by atoms with E-state index in [1.165, 1.54) is 0 Å². The van der Waals surface area contributed by atoms with Crippen molar-refractivity contribution >= 4 is 10.1 Å². The predicted molar refractivity (Wildman–Crippen MR) is 56.1 cm³/mol. The van der Waals surface area contributed by atoms with Crippen LogP contribution < -0.4 is 5.32 Å². The number of aliphatic hydroxyl groups is 1. The summed E-state index contributed by atoms with van der Waals surface area (Å²) in [6.45, 7) is 3.62. The quantitative estimate of drug-likeness (QED) is 0.533. The van der Waals surface area contributed by atoms with E-state index in [4.69, 9.17) is 5.11 Å². The monoisotopic (exact) mass is 238 g/mol. The molecule has 6 nitrogen and oxygen atoms in total. The normalized spacial score (nSPS) is 19.3. The molecule has 0 saturated carbocycles.